The molecule has 194 valence electrons. The summed E-state index contributed by atoms with van der Waals surface area (Å²) in [5.41, 5.74) is 0.559. The van der Waals surface area contributed by atoms with Crippen molar-refractivity contribution >= 4 is 0 Å². The molecule has 0 amide bonds. The van der Waals surface area contributed by atoms with Gasteiger partial charge in [0.05, 0.1) is 0 Å². The summed E-state index contributed by atoms with van der Waals surface area (Å²) in [5.74, 6) is 7.87. The molecule has 0 spiro atoms. The molecule has 0 aromatic heterocycles. The van der Waals surface area contributed by atoms with Crippen LogP contribution in [0.2, 0.25) is 0 Å². The van der Waals surface area contributed by atoms with Gasteiger partial charge in [0.15, 0.2) is 0 Å². The molecule has 3 rings (SSSR count). The smallest absolute Gasteiger partial charge is 0.0298 e. The van der Waals surface area contributed by atoms with Gasteiger partial charge in [0.25, 0.3) is 0 Å². The Balaban J connectivity index is 1.48. The summed E-state index contributed by atoms with van der Waals surface area (Å²) in [6.07, 6.45) is 27.3. The van der Waals surface area contributed by atoms with Crippen LogP contribution in [0.4, 0.5) is 0 Å². The van der Waals surface area contributed by atoms with E-state index in [2.05, 4.69) is 41.5 Å². The number of hydrogen-bond acceptors (Lipinski definition) is 0. The minimum atomic E-state index is 0.559. The predicted molar refractivity (Wildman–Crippen MR) is 148 cm³/mol. The monoisotopic (exact) mass is 458 g/mol. The number of rotatable bonds is 5. The van der Waals surface area contributed by atoms with Crippen LogP contribution in [0.25, 0.3) is 0 Å². The van der Waals surface area contributed by atoms with E-state index in [1.54, 1.807) is 25.7 Å². The van der Waals surface area contributed by atoms with E-state index in [0.717, 1.165) is 47.3 Å². The molecular weight excluding hydrogens is 396 g/mol. The predicted octanol–water partition coefficient (Wildman–Crippen LogP) is 11.1. The fraction of sp³-hybridized carbons (Fsp3) is 1.00. The fourth-order valence-corrected chi connectivity index (χ4v) is 8.75. The van der Waals surface area contributed by atoms with E-state index in [4.69, 9.17) is 0 Å². The zero-order valence-electron chi connectivity index (χ0n) is 23.8. The average molecular weight is 459 g/mol. The first kappa shape index (κ1) is 27.6. The molecule has 0 saturated heterocycles. The second kappa shape index (κ2) is 13.3. The lowest BCUT2D eigenvalue weighted by Crippen LogP contribution is -2.35. The van der Waals surface area contributed by atoms with Gasteiger partial charge in [-0.15, -0.1) is 0 Å². The third kappa shape index (κ3) is 8.00. The highest BCUT2D eigenvalue weighted by atomic mass is 14.4. The first-order valence-electron chi connectivity index (χ1n) is 15.8. The molecule has 0 bridgehead atoms. The van der Waals surface area contributed by atoms with Gasteiger partial charge in [-0.2, -0.15) is 0 Å². The van der Waals surface area contributed by atoms with Gasteiger partial charge in [-0.1, -0.05) is 131 Å². The van der Waals surface area contributed by atoms with Crippen molar-refractivity contribution < 1.29 is 0 Å². The van der Waals surface area contributed by atoms with E-state index < -0.39 is 0 Å². The zero-order valence-corrected chi connectivity index (χ0v) is 23.8. The van der Waals surface area contributed by atoms with Crippen molar-refractivity contribution in [1.29, 1.82) is 0 Å². The van der Waals surface area contributed by atoms with Gasteiger partial charge in [-0.3, -0.25) is 0 Å². The fourth-order valence-electron chi connectivity index (χ4n) is 8.75. The van der Waals surface area contributed by atoms with Crippen LogP contribution in [0.15, 0.2) is 0 Å². The highest BCUT2D eigenvalue weighted by Gasteiger charge is 2.38. The van der Waals surface area contributed by atoms with Crippen LogP contribution in [-0.4, -0.2) is 0 Å². The molecule has 0 heterocycles. The molecule has 33 heavy (non-hydrogen) atoms. The molecule has 0 atom stereocenters. The Morgan fingerprint density at radius 3 is 1.00 bits per heavy atom. The SMILES string of the molecule is CC(C)C1CCCC(C2CCCC(C(C)(C)C3CCCC(C(C)C)CCC3)CCC2)CCC1. The van der Waals surface area contributed by atoms with Gasteiger partial charge < -0.3 is 0 Å². The lowest BCUT2D eigenvalue weighted by atomic mass is 9.61. The van der Waals surface area contributed by atoms with E-state index in [1.165, 1.54) is 89.9 Å². The lowest BCUT2D eigenvalue weighted by Gasteiger charge is -2.44. The van der Waals surface area contributed by atoms with Crippen LogP contribution in [0.5, 0.6) is 0 Å². The Labute approximate surface area is 209 Å². The second-order valence-corrected chi connectivity index (χ2v) is 14.3. The zero-order chi connectivity index (χ0) is 23.8. The second-order valence-electron chi connectivity index (χ2n) is 14.3. The molecule has 3 aliphatic rings. The van der Waals surface area contributed by atoms with Crippen molar-refractivity contribution in [1.82, 2.24) is 0 Å². The Hall–Kier alpha value is 0. The Morgan fingerprint density at radius 2 is 0.697 bits per heavy atom. The highest BCUT2D eigenvalue weighted by Crippen LogP contribution is 2.48. The largest absolute Gasteiger partial charge is 0.0625 e. The van der Waals surface area contributed by atoms with Crippen LogP contribution in [0.1, 0.15) is 157 Å². The molecule has 0 unspecified atom stereocenters. The molecular formula is C33H62. The van der Waals surface area contributed by atoms with Crippen molar-refractivity contribution in [2.45, 2.75) is 157 Å². The first-order valence-corrected chi connectivity index (χ1v) is 15.8. The van der Waals surface area contributed by atoms with E-state index in [9.17, 15) is 0 Å². The van der Waals surface area contributed by atoms with Gasteiger partial charge in [0, 0.05) is 0 Å². The molecule has 0 nitrogen and oxygen atoms in total. The highest BCUT2D eigenvalue weighted by molar-refractivity contribution is 4.88. The summed E-state index contributed by atoms with van der Waals surface area (Å²) >= 11 is 0. The van der Waals surface area contributed by atoms with Crippen LogP contribution in [-0.2, 0) is 0 Å². The van der Waals surface area contributed by atoms with Crippen molar-refractivity contribution in [3.8, 4) is 0 Å². The summed E-state index contributed by atoms with van der Waals surface area (Å²) in [4.78, 5) is 0. The summed E-state index contributed by atoms with van der Waals surface area (Å²) in [7, 11) is 0. The van der Waals surface area contributed by atoms with Gasteiger partial charge in [-0.05, 0) is 78.4 Å². The summed E-state index contributed by atoms with van der Waals surface area (Å²) in [5, 5.41) is 0. The Kier molecular flexibility index (Phi) is 11.2. The van der Waals surface area contributed by atoms with Gasteiger partial charge in [0.2, 0.25) is 0 Å². The van der Waals surface area contributed by atoms with Crippen molar-refractivity contribution in [2.75, 3.05) is 0 Å². The molecule has 0 aromatic carbocycles. The molecule has 0 aliphatic heterocycles. The van der Waals surface area contributed by atoms with Crippen LogP contribution in [0.3, 0.4) is 0 Å². The van der Waals surface area contributed by atoms with Crippen molar-refractivity contribution in [2.24, 2.45) is 52.8 Å². The lowest BCUT2D eigenvalue weighted by molar-refractivity contribution is 0.0595. The Morgan fingerprint density at radius 1 is 0.424 bits per heavy atom. The normalized spacial score (nSPS) is 36.4. The summed E-state index contributed by atoms with van der Waals surface area (Å²) < 4.78 is 0. The summed E-state index contributed by atoms with van der Waals surface area (Å²) in [6, 6.07) is 0. The maximum Gasteiger partial charge on any atom is -0.0298 e. The van der Waals surface area contributed by atoms with Crippen LogP contribution in [0, 0.1) is 52.8 Å². The molecule has 0 radical (unpaired) electrons. The van der Waals surface area contributed by atoms with E-state index in [0.29, 0.717) is 5.41 Å². The third-order valence-electron chi connectivity index (χ3n) is 11.5. The Bertz CT molecular complexity index is 498. The minimum absolute atomic E-state index is 0.559. The maximum absolute atomic E-state index is 2.68. The minimum Gasteiger partial charge on any atom is -0.0625 e. The topological polar surface area (TPSA) is 0 Å². The number of hydrogen-bond donors (Lipinski definition) is 0. The molecule has 3 aliphatic carbocycles. The quantitative estimate of drug-likeness (QED) is 0.384. The van der Waals surface area contributed by atoms with Crippen LogP contribution >= 0.6 is 0 Å². The standard InChI is InChI=1S/C33H62/c1-25(2)27-13-7-17-29(18-8-14-27)30-19-11-23-32(24-12-20-30)33(5,6)31-21-9-15-28(26(3)4)16-10-22-31/h25-32H,7-24H2,1-6H3. The van der Waals surface area contributed by atoms with E-state index in [1.807, 2.05) is 0 Å². The van der Waals surface area contributed by atoms with Crippen LogP contribution < -0.4 is 0 Å². The molecule has 0 heteroatoms. The van der Waals surface area contributed by atoms with Gasteiger partial charge in [-0.25, -0.2) is 0 Å². The van der Waals surface area contributed by atoms with Crippen molar-refractivity contribution in [3.05, 3.63) is 0 Å². The van der Waals surface area contributed by atoms with Gasteiger partial charge >= 0.3 is 0 Å². The average Bonchev–Trinajstić information content (AvgIpc) is 2.67. The molecule has 3 fully saturated rings. The van der Waals surface area contributed by atoms with Crippen molar-refractivity contribution in [3.63, 3.8) is 0 Å². The van der Waals surface area contributed by atoms with E-state index >= 15 is 0 Å². The maximum atomic E-state index is 2.68. The third-order valence-corrected chi connectivity index (χ3v) is 11.5. The molecule has 3 saturated carbocycles. The molecule has 0 aromatic rings. The van der Waals surface area contributed by atoms with E-state index in [-0.39, 0.29) is 0 Å². The first-order chi connectivity index (χ1) is 15.8. The summed E-state index contributed by atoms with van der Waals surface area (Å²) in [6.45, 7) is 15.2. The molecule has 0 N–H and O–H groups in total. The van der Waals surface area contributed by atoms with Gasteiger partial charge in [0.1, 0.15) is 0 Å².